The molecule has 0 spiro atoms. The standard InChI is InChI=1S/C28H18F3N3O2S/c29-28(30,31)22-9-4-10-23-24(22)33-27(37-23)34(17-18-6-5-15-32-16-18)26(36)21-13-11-20(12-14-21)25(35)19-7-2-1-3-8-19/h1-16H,17H2. The first kappa shape index (κ1) is 24.3. The molecular weight excluding hydrogens is 499 g/mol. The van der Waals surface area contributed by atoms with E-state index >= 15 is 0 Å². The van der Waals surface area contributed by atoms with Crippen molar-refractivity contribution in [2.45, 2.75) is 12.7 Å². The Morgan fingerprint density at radius 3 is 2.19 bits per heavy atom. The highest BCUT2D eigenvalue weighted by molar-refractivity contribution is 7.22. The molecule has 0 aliphatic carbocycles. The van der Waals surface area contributed by atoms with Crippen molar-refractivity contribution in [2.24, 2.45) is 0 Å². The lowest BCUT2D eigenvalue weighted by atomic mass is 10.0. The quantitative estimate of drug-likeness (QED) is 0.233. The molecule has 5 aromatic rings. The average Bonchev–Trinajstić information content (AvgIpc) is 3.35. The third-order valence-electron chi connectivity index (χ3n) is 5.68. The van der Waals surface area contributed by atoms with Crippen LogP contribution in [0.2, 0.25) is 0 Å². The Morgan fingerprint density at radius 1 is 0.811 bits per heavy atom. The molecule has 2 heterocycles. The van der Waals surface area contributed by atoms with Crippen molar-refractivity contribution >= 4 is 38.4 Å². The largest absolute Gasteiger partial charge is 0.418 e. The third-order valence-corrected chi connectivity index (χ3v) is 6.73. The van der Waals surface area contributed by atoms with Gasteiger partial charge in [0.25, 0.3) is 5.91 Å². The molecule has 0 aliphatic heterocycles. The number of carbonyl (C=O) groups excluding carboxylic acids is 2. The molecule has 0 atom stereocenters. The first-order valence-corrected chi connectivity index (χ1v) is 12.0. The molecule has 0 unspecified atom stereocenters. The van der Waals surface area contributed by atoms with Crippen LogP contribution < -0.4 is 4.90 Å². The molecule has 5 nitrogen and oxygen atoms in total. The summed E-state index contributed by atoms with van der Waals surface area (Å²) in [6.07, 6.45) is -1.41. The zero-order valence-electron chi connectivity index (χ0n) is 19.1. The van der Waals surface area contributed by atoms with Crippen LogP contribution in [0.5, 0.6) is 0 Å². The van der Waals surface area contributed by atoms with Gasteiger partial charge < -0.3 is 0 Å². The number of benzene rings is 3. The van der Waals surface area contributed by atoms with Gasteiger partial charge in [0.15, 0.2) is 10.9 Å². The Morgan fingerprint density at radius 2 is 1.51 bits per heavy atom. The lowest BCUT2D eigenvalue weighted by molar-refractivity contribution is -0.136. The highest BCUT2D eigenvalue weighted by atomic mass is 32.1. The molecule has 2 aromatic heterocycles. The van der Waals surface area contributed by atoms with E-state index in [0.717, 1.165) is 17.4 Å². The lowest BCUT2D eigenvalue weighted by Gasteiger charge is -2.20. The summed E-state index contributed by atoms with van der Waals surface area (Å²) in [4.78, 5) is 36.0. The molecule has 9 heteroatoms. The molecule has 5 rings (SSSR count). The van der Waals surface area contributed by atoms with Crippen LogP contribution in [-0.4, -0.2) is 21.7 Å². The maximum atomic E-state index is 13.6. The number of para-hydroxylation sites is 1. The number of alkyl halides is 3. The smallest absolute Gasteiger partial charge is 0.289 e. The maximum absolute atomic E-state index is 13.6. The molecule has 0 N–H and O–H groups in total. The number of rotatable bonds is 6. The van der Waals surface area contributed by atoms with E-state index in [4.69, 9.17) is 0 Å². The van der Waals surface area contributed by atoms with E-state index in [0.29, 0.717) is 21.4 Å². The van der Waals surface area contributed by atoms with Gasteiger partial charge in [-0.1, -0.05) is 65.9 Å². The molecule has 0 saturated heterocycles. The number of carbonyl (C=O) groups is 2. The predicted molar refractivity (Wildman–Crippen MR) is 136 cm³/mol. The summed E-state index contributed by atoms with van der Waals surface area (Å²) in [5.74, 6) is -0.646. The fourth-order valence-corrected chi connectivity index (χ4v) is 4.85. The first-order valence-electron chi connectivity index (χ1n) is 11.2. The van der Waals surface area contributed by atoms with Gasteiger partial charge in [0.05, 0.1) is 22.3 Å². The van der Waals surface area contributed by atoms with E-state index in [1.807, 2.05) is 6.07 Å². The predicted octanol–water partition coefficient (Wildman–Crippen LogP) is 6.79. The van der Waals surface area contributed by atoms with E-state index < -0.39 is 17.6 Å². The van der Waals surface area contributed by atoms with Gasteiger partial charge in [-0.15, -0.1) is 0 Å². The zero-order chi connectivity index (χ0) is 26.0. The van der Waals surface area contributed by atoms with Gasteiger partial charge in [-0.2, -0.15) is 13.2 Å². The Kier molecular flexibility index (Phi) is 6.54. The van der Waals surface area contributed by atoms with E-state index in [9.17, 15) is 22.8 Å². The molecule has 3 aromatic carbocycles. The monoisotopic (exact) mass is 517 g/mol. The van der Waals surface area contributed by atoms with Crippen molar-refractivity contribution in [3.8, 4) is 0 Å². The first-order chi connectivity index (χ1) is 17.8. The van der Waals surface area contributed by atoms with E-state index in [1.165, 1.54) is 23.1 Å². The van der Waals surface area contributed by atoms with Crippen LogP contribution in [0, 0.1) is 0 Å². The number of hydrogen-bond acceptors (Lipinski definition) is 5. The second-order valence-electron chi connectivity index (χ2n) is 8.17. The average molecular weight is 518 g/mol. The van der Waals surface area contributed by atoms with Crippen LogP contribution in [0.4, 0.5) is 18.3 Å². The van der Waals surface area contributed by atoms with Crippen molar-refractivity contribution in [1.82, 2.24) is 9.97 Å². The highest BCUT2D eigenvalue weighted by Crippen LogP contribution is 2.39. The van der Waals surface area contributed by atoms with Crippen LogP contribution >= 0.6 is 11.3 Å². The van der Waals surface area contributed by atoms with Gasteiger partial charge in [0, 0.05) is 29.1 Å². The number of pyridine rings is 1. The fourth-order valence-electron chi connectivity index (χ4n) is 3.86. The van der Waals surface area contributed by atoms with Crippen LogP contribution in [0.3, 0.4) is 0 Å². The maximum Gasteiger partial charge on any atom is 0.418 e. The normalized spacial score (nSPS) is 11.4. The molecule has 0 radical (unpaired) electrons. The molecule has 0 fully saturated rings. The topological polar surface area (TPSA) is 63.2 Å². The number of amides is 1. The van der Waals surface area contributed by atoms with Crippen molar-refractivity contribution in [3.63, 3.8) is 0 Å². The summed E-state index contributed by atoms with van der Waals surface area (Å²) >= 11 is 1.00. The highest BCUT2D eigenvalue weighted by Gasteiger charge is 2.34. The van der Waals surface area contributed by atoms with Gasteiger partial charge in [-0.25, -0.2) is 4.98 Å². The second-order valence-corrected chi connectivity index (χ2v) is 9.18. The molecule has 0 aliphatic rings. The number of thiazole rings is 1. The van der Waals surface area contributed by atoms with Crippen molar-refractivity contribution in [3.05, 3.63) is 125 Å². The SMILES string of the molecule is O=C(c1ccccc1)c1ccc(C(=O)N(Cc2cccnc2)c2nc3c(C(F)(F)F)cccc3s2)cc1. The van der Waals surface area contributed by atoms with E-state index in [-0.39, 0.29) is 28.5 Å². The Bertz CT molecular complexity index is 1570. The number of halogens is 3. The number of fused-ring (bicyclic) bond motifs is 1. The molecule has 184 valence electrons. The molecule has 1 amide bonds. The second kappa shape index (κ2) is 9.94. The zero-order valence-corrected chi connectivity index (χ0v) is 20.0. The lowest BCUT2D eigenvalue weighted by Crippen LogP contribution is -2.30. The van der Waals surface area contributed by atoms with Crippen LogP contribution in [0.25, 0.3) is 10.2 Å². The van der Waals surface area contributed by atoms with Gasteiger partial charge in [-0.3, -0.25) is 19.5 Å². The summed E-state index contributed by atoms with van der Waals surface area (Å²) in [5.41, 5.74) is 0.824. The summed E-state index contributed by atoms with van der Waals surface area (Å²) in [5, 5.41) is 0.130. The van der Waals surface area contributed by atoms with Crippen LogP contribution in [0.1, 0.15) is 37.4 Å². The molecule has 0 bridgehead atoms. The number of ketones is 1. The molecular formula is C28H18F3N3O2S. The Hall–Kier alpha value is -4.37. The van der Waals surface area contributed by atoms with Crippen molar-refractivity contribution in [1.29, 1.82) is 0 Å². The van der Waals surface area contributed by atoms with Crippen molar-refractivity contribution < 1.29 is 22.8 Å². The minimum Gasteiger partial charge on any atom is -0.289 e. The molecule has 37 heavy (non-hydrogen) atoms. The van der Waals surface area contributed by atoms with Gasteiger partial charge in [0.2, 0.25) is 0 Å². The van der Waals surface area contributed by atoms with Gasteiger partial charge in [-0.05, 0) is 35.9 Å². The molecule has 0 saturated carbocycles. The minimum atomic E-state index is -4.58. The number of nitrogens with zero attached hydrogens (tertiary/aromatic N) is 3. The minimum absolute atomic E-state index is 0.0541. The number of aromatic nitrogens is 2. The summed E-state index contributed by atoms with van der Waals surface area (Å²) in [6.45, 7) is 0.0541. The number of hydrogen-bond donors (Lipinski definition) is 0. The van der Waals surface area contributed by atoms with Crippen LogP contribution in [0.15, 0.2) is 97.3 Å². The summed E-state index contributed by atoms with van der Waals surface area (Å²) < 4.78 is 41.0. The van der Waals surface area contributed by atoms with Crippen LogP contribution in [-0.2, 0) is 12.7 Å². The van der Waals surface area contributed by atoms with Gasteiger partial charge in [0.1, 0.15) is 0 Å². The van der Waals surface area contributed by atoms with Gasteiger partial charge >= 0.3 is 6.18 Å². The third kappa shape index (κ3) is 5.12. The Labute approximate surface area is 213 Å². The summed E-state index contributed by atoms with van der Waals surface area (Å²) in [6, 6.07) is 22.3. The van der Waals surface area contributed by atoms with Crippen molar-refractivity contribution in [2.75, 3.05) is 4.90 Å². The fraction of sp³-hybridized carbons (Fsp3) is 0.0714. The summed E-state index contributed by atoms with van der Waals surface area (Å²) in [7, 11) is 0. The number of anilines is 1. The van der Waals surface area contributed by atoms with E-state index in [2.05, 4.69) is 9.97 Å². The Balaban J connectivity index is 1.51. The van der Waals surface area contributed by atoms with E-state index in [1.54, 1.807) is 67.0 Å².